The number of methoxy groups -OCH3 is 2. The molecular formula is C26H24N2O5S2. The van der Waals surface area contributed by atoms with E-state index in [1.165, 1.54) is 16.0 Å². The number of hydrogen-bond acceptors (Lipinski definition) is 9. The van der Waals surface area contributed by atoms with Gasteiger partial charge < -0.3 is 14.2 Å². The fourth-order valence-electron chi connectivity index (χ4n) is 4.31. The first-order chi connectivity index (χ1) is 17.0. The summed E-state index contributed by atoms with van der Waals surface area (Å²) < 4.78 is 17.3. The van der Waals surface area contributed by atoms with Crippen LogP contribution in [0.5, 0.6) is 11.5 Å². The number of hydrogen-bond donors (Lipinski definition) is 0. The maximum atomic E-state index is 13.6. The van der Waals surface area contributed by atoms with Crippen LogP contribution in [-0.2, 0) is 22.6 Å². The standard InChI is InChI=1S/C26H24N2O5S2/c1-4-33-26(30)22-23(29)24-19(13-28(22)12-15-9-10-16(31-2)11-20(15)32-3)27-25(35-24)18-14-34-21-8-6-5-7-17(18)21/h5-11,14,22H,4,12-13H2,1-3H3. The highest BCUT2D eigenvalue weighted by atomic mass is 32.1. The minimum absolute atomic E-state index is 0.198. The lowest BCUT2D eigenvalue weighted by Gasteiger charge is -2.32. The number of benzene rings is 2. The Morgan fingerprint density at radius 1 is 1.17 bits per heavy atom. The van der Waals surface area contributed by atoms with Crippen LogP contribution in [0.25, 0.3) is 20.7 Å². The number of rotatable bonds is 7. The lowest BCUT2D eigenvalue weighted by atomic mass is 10.0. The molecule has 0 spiro atoms. The van der Waals surface area contributed by atoms with Crippen molar-refractivity contribution < 1.29 is 23.8 Å². The Morgan fingerprint density at radius 2 is 2.00 bits per heavy atom. The molecule has 35 heavy (non-hydrogen) atoms. The topological polar surface area (TPSA) is 78.0 Å². The molecule has 4 aromatic rings. The maximum Gasteiger partial charge on any atom is 0.331 e. The summed E-state index contributed by atoms with van der Waals surface area (Å²) in [5, 5.41) is 3.97. The molecule has 2 aromatic heterocycles. The third-order valence-electron chi connectivity index (χ3n) is 5.98. The van der Waals surface area contributed by atoms with Gasteiger partial charge in [-0.2, -0.15) is 0 Å². The second-order valence-corrected chi connectivity index (χ2v) is 9.95. The van der Waals surface area contributed by atoms with Crippen molar-refractivity contribution in [3.05, 3.63) is 64.0 Å². The molecule has 0 aliphatic carbocycles. The molecule has 0 saturated heterocycles. The van der Waals surface area contributed by atoms with Crippen molar-refractivity contribution in [3.63, 3.8) is 0 Å². The number of esters is 1. The Kier molecular flexibility index (Phi) is 6.55. The van der Waals surface area contributed by atoms with Gasteiger partial charge >= 0.3 is 5.97 Å². The van der Waals surface area contributed by atoms with Crippen molar-refractivity contribution >= 4 is 44.5 Å². The van der Waals surface area contributed by atoms with E-state index in [0.29, 0.717) is 35.2 Å². The van der Waals surface area contributed by atoms with Crippen molar-refractivity contribution in [2.45, 2.75) is 26.1 Å². The summed E-state index contributed by atoms with van der Waals surface area (Å²) in [5.74, 6) is 0.456. The van der Waals surface area contributed by atoms with Crippen LogP contribution in [0.3, 0.4) is 0 Å². The van der Waals surface area contributed by atoms with Crippen LogP contribution in [0, 0.1) is 0 Å². The van der Waals surface area contributed by atoms with Gasteiger partial charge in [0, 0.05) is 45.7 Å². The van der Waals surface area contributed by atoms with E-state index < -0.39 is 12.0 Å². The number of fused-ring (bicyclic) bond motifs is 2. The molecule has 1 unspecified atom stereocenters. The maximum absolute atomic E-state index is 13.6. The van der Waals surface area contributed by atoms with Crippen molar-refractivity contribution in [3.8, 4) is 22.1 Å². The summed E-state index contributed by atoms with van der Waals surface area (Å²) in [6.07, 6.45) is 0. The van der Waals surface area contributed by atoms with Gasteiger partial charge in [0.2, 0.25) is 5.78 Å². The van der Waals surface area contributed by atoms with Gasteiger partial charge in [-0.05, 0) is 19.1 Å². The number of nitrogens with zero attached hydrogens (tertiary/aromatic N) is 2. The zero-order valence-corrected chi connectivity index (χ0v) is 21.2. The molecule has 0 amide bonds. The van der Waals surface area contributed by atoms with E-state index in [4.69, 9.17) is 19.2 Å². The number of Topliss-reactive ketones (excluding diaryl/α,β-unsaturated/α-hetero) is 1. The van der Waals surface area contributed by atoms with Gasteiger partial charge in [0.15, 0.2) is 6.04 Å². The van der Waals surface area contributed by atoms with Crippen molar-refractivity contribution in [1.29, 1.82) is 0 Å². The number of ether oxygens (including phenoxy) is 3. The van der Waals surface area contributed by atoms with Gasteiger partial charge in [-0.15, -0.1) is 22.7 Å². The highest BCUT2D eigenvalue weighted by Crippen LogP contribution is 2.40. The normalized spacial score (nSPS) is 15.7. The van der Waals surface area contributed by atoms with Crippen LogP contribution in [0.15, 0.2) is 47.8 Å². The average molecular weight is 509 g/mol. The zero-order valence-electron chi connectivity index (χ0n) is 19.6. The predicted octanol–water partition coefficient (Wildman–Crippen LogP) is 5.17. The molecule has 0 fully saturated rings. The van der Waals surface area contributed by atoms with Crippen molar-refractivity contribution in [1.82, 2.24) is 9.88 Å². The van der Waals surface area contributed by atoms with Crippen molar-refractivity contribution in [2.24, 2.45) is 0 Å². The monoisotopic (exact) mass is 508 g/mol. The Bertz CT molecular complexity index is 1410. The SMILES string of the molecule is CCOC(=O)C1C(=O)c2sc(-c3csc4ccccc34)nc2CN1Cc1ccc(OC)cc1OC. The number of thiophene rings is 1. The predicted molar refractivity (Wildman–Crippen MR) is 136 cm³/mol. The van der Waals surface area contributed by atoms with E-state index in [-0.39, 0.29) is 12.4 Å². The molecule has 1 aliphatic rings. The third-order valence-corrected chi connectivity index (χ3v) is 8.09. The summed E-state index contributed by atoms with van der Waals surface area (Å²) >= 11 is 3.00. The van der Waals surface area contributed by atoms with Crippen LogP contribution >= 0.6 is 22.7 Å². The second-order valence-electron chi connectivity index (χ2n) is 8.04. The fraction of sp³-hybridized carbons (Fsp3) is 0.269. The molecule has 180 valence electrons. The van der Waals surface area contributed by atoms with E-state index in [1.807, 2.05) is 29.2 Å². The molecule has 7 nitrogen and oxygen atoms in total. The number of ketones is 1. The van der Waals surface area contributed by atoms with Gasteiger partial charge in [-0.1, -0.05) is 24.3 Å². The summed E-state index contributed by atoms with van der Waals surface area (Å²) in [6, 6.07) is 12.6. The van der Waals surface area contributed by atoms with Gasteiger partial charge in [-0.3, -0.25) is 9.69 Å². The van der Waals surface area contributed by atoms with Gasteiger partial charge in [0.05, 0.1) is 31.4 Å². The van der Waals surface area contributed by atoms with Crippen LogP contribution in [0.1, 0.15) is 27.9 Å². The lowest BCUT2D eigenvalue weighted by molar-refractivity contribution is -0.148. The first kappa shape index (κ1) is 23.5. The summed E-state index contributed by atoms with van der Waals surface area (Å²) in [5.41, 5.74) is 2.52. The summed E-state index contributed by atoms with van der Waals surface area (Å²) in [7, 11) is 3.17. The number of carbonyl (C=O) groups excluding carboxylic acids is 2. The molecule has 1 atom stereocenters. The van der Waals surface area contributed by atoms with E-state index in [1.54, 1.807) is 38.5 Å². The molecular weight excluding hydrogens is 484 g/mol. The van der Waals surface area contributed by atoms with Gasteiger partial charge in [-0.25, -0.2) is 9.78 Å². The molecule has 3 heterocycles. The first-order valence-electron chi connectivity index (χ1n) is 11.2. The average Bonchev–Trinajstić information content (AvgIpc) is 3.49. The fourth-order valence-corrected chi connectivity index (χ4v) is 6.40. The lowest BCUT2D eigenvalue weighted by Crippen LogP contribution is -2.49. The molecule has 0 N–H and O–H groups in total. The minimum atomic E-state index is -1.04. The summed E-state index contributed by atoms with van der Waals surface area (Å²) in [6.45, 7) is 2.60. The molecule has 0 saturated carbocycles. The third kappa shape index (κ3) is 4.31. The molecule has 2 aromatic carbocycles. The Labute approximate surface area is 210 Å². The smallest absolute Gasteiger partial charge is 0.331 e. The Balaban J connectivity index is 1.53. The number of aromatic nitrogens is 1. The molecule has 0 radical (unpaired) electrons. The Morgan fingerprint density at radius 3 is 2.77 bits per heavy atom. The minimum Gasteiger partial charge on any atom is -0.497 e. The zero-order chi connectivity index (χ0) is 24.5. The van der Waals surface area contributed by atoms with E-state index in [0.717, 1.165) is 21.5 Å². The van der Waals surface area contributed by atoms with E-state index >= 15 is 0 Å². The van der Waals surface area contributed by atoms with Crippen LogP contribution in [0.2, 0.25) is 0 Å². The first-order valence-corrected chi connectivity index (χ1v) is 12.9. The van der Waals surface area contributed by atoms with Gasteiger partial charge in [0.25, 0.3) is 0 Å². The molecule has 9 heteroatoms. The second kappa shape index (κ2) is 9.77. The number of carbonyl (C=O) groups is 2. The Hall–Kier alpha value is -3.27. The quantitative estimate of drug-likeness (QED) is 0.252. The number of thiazole rings is 1. The molecule has 1 aliphatic heterocycles. The van der Waals surface area contributed by atoms with Gasteiger partial charge in [0.1, 0.15) is 16.5 Å². The summed E-state index contributed by atoms with van der Waals surface area (Å²) in [4.78, 5) is 33.7. The highest BCUT2D eigenvalue weighted by Gasteiger charge is 2.42. The van der Waals surface area contributed by atoms with Crippen LogP contribution < -0.4 is 9.47 Å². The van der Waals surface area contributed by atoms with Crippen LogP contribution in [-0.4, -0.2) is 48.5 Å². The largest absolute Gasteiger partial charge is 0.497 e. The van der Waals surface area contributed by atoms with E-state index in [2.05, 4.69) is 17.5 Å². The van der Waals surface area contributed by atoms with E-state index in [9.17, 15) is 9.59 Å². The van der Waals surface area contributed by atoms with Crippen molar-refractivity contribution in [2.75, 3.05) is 20.8 Å². The highest BCUT2D eigenvalue weighted by molar-refractivity contribution is 7.20. The molecule has 5 rings (SSSR count). The molecule has 0 bridgehead atoms. The van der Waals surface area contributed by atoms with Crippen LogP contribution in [0.4, 0.5) is 0 Å².